The lowest BCUT2D eigenvalue weighted by molar-refractivity contribution is -0.134. The van der Waals surface area contributed by atoms with Crippen LogP contribution in [0.2, 0.25) is 0 Å². The minimum atomic E-state index is 0. The van der Waals surface area contributed by atoms with Crippen molar-refractivity contribution >= 4 is 18.3 Å². The minimum Gasteiger partial charge on any atom is -0.383 e. The summed E-state index contributed by atoms with van der Waals surface area (Å²) in [5.41, 5.74) is 1.18. The molecule has 0 aromatic heterocycles. The molecule has 4 nitrogen and oxygen atoms in total. The highest BCUT2D eigenvalue weighted by Gasteiger charge is 2.22. The molecule has 0 spiro atoms. The third kappa shape index (κ3) is 6.42. The van der Waals surface area contributed by atoms with Crippen molar-refractivity contribution in [1.82, 2.24) is 10.2 Å². The van der Waals surface area contributed by atoms with E-state index in [1.165, 1.54) is 18.4 Å². The third-order valence-corrected chi connectivity index (χ3v) is 4.83. The second-order valence-corrected chi connectivity index (χ2v) is 6.40. The molecule has 2 rings (SSSR count). The summed E-state index contributed by atoms with van der Waals surface area (Å²) in [4.78, 5) is 14.7. The second kappa shape index (κ2) is 11.5. The van der Waals surface area contributed by atoms with Crippen molar-refractivity contribution in [2.24, 2.45) is 5.92 Å². The van der Waals surface area contributed by atoms with Crippen LogP contribution in [-0.2, 0) is 9.53 Å². The number of rotatable bonds is 8. The van der Waals surface area contributed by atoms with Crippen LogP contribution in [0.3, 0.4) is 0 Å². The number of amides is 1. The van der Waals surface area contributed by atoms with Gasteiger partial charge in [-0.1, -0.05) is 30.3 Å². The SMILES string of the molecule is COCCN(C(=O)CCC1CCNCC1)C(C)c1ccccc1.Cl. The smallest absolute Gasteiger partial charge is 0.223 e. The molecule has 136 valence electrons. The number of carbonyl (C=O) groups is 1. The van der Waals surface area contributed by atoms with Crippen LogP contribution in [0.15, 0.2) is 30.3 Å². The molecule has 0 aliphatic carbocycles. The molecule has 0 saturated carbocycles. The van der Waals surface area contributed by atoms with E-state index in [4.69, 9.17) is 4.74 Å². The summed E-state index contributed by atoms with van der Waals surface area (Å²) in [5.74, 6) is 0.938. The highest BCUT2D eigenvalue weighted by molar-refractivity contribution is 5.85. The van der Waals surface area contributed by atoms with Gasteiger partial charge in [-0.2, -0.15) is 0 Å². The van der Waals surface area contributed by atoms with Gasteiger partial charge in [0.05, 0.1) is 12.6 Å². The van der Waals surface area contributed by atoms with Crippen LogP contribution in [0.5, 0.6) is 0 Å². The number of ether oxygens (including phenoxy) is 1. The zero-order valence-electron chi connectivity index (χ0n) is 14.9. The lowest BCUT2D eigenvalue weighted by atomic mass is 9.93. The average molecular weight is 355 g/mol. The Hall–Kier alpha value is -1.10. The van der Waals surface area contributed by atoms with Gasteiger partial charge in [-0.25, -0.2) is 0 Å². The summed E-state index contributed by atoms with van der Waals surface area (Å²) in [7, 11) is 1.69. The van der Waals surface area contributed by atoms with E-state index in [0.717, 1.165) is 19.5 Å². The summed E-state index contributed by atoms with van der Waals surface area (Å²) >= 11 is 0. The van der Waals surface area contributed by atoms with E-state index in [1.807, 2.05) is 23.1 Å². The van der Waals surface area contributed by atoms with E-state index >= 15 is 0 Å². The zero-order chi connectivity index (χ0) is 16.5. The van der Waals surface area contributed by atoms with Crippen LogP contribution >= 0.6 is 12.4 Å². The van der Waals surface area contributed by atoms with Gasteiger partial charge >= 0.3 is 0 Å². The first-order valence-electron chi connectivity index (χ1n) is 8.76. The maximum atomic E-state index is 12.8. The van der Waals surface area contributed by atoms with Crippen molar-refractivity contribution in [1.29, 1.82) is 0 Å². The number of carbonyl (C=O) groups excluding carboxylic acids is 1. The quantitative estimate of drug-likeness (QED) is 0.777. The molecule has 1 N–H and O–H groups in total. The van der Waals surface area contributed by atoms with Gasteiger partial charge in [0.1, 0.15) is 0 Å². The highest BCUT2D eigenvalue weighted by Crippen LogP contribution is 2.23. The van der Waals surface area contributed by atoms with Gasteiger partial charge in [0.15, 0.2) is 0 Å². The molecule has 1 saturated heterocycles. The maximum absolute atomic E-state index is 12.8. The van der Waals surface area contributed by atoms with Crippen molar-refractivity contribution in [3.8, 4) is 0 Å². The summed E-state index contributed by atoms with van der Waals surface area (Å²) in [6.07, 6.45) is 4.04. The Labute approximate surface area is 152 Å². The number of halogens is 1. The van der Waals surface area contributed by atoms with Crippen LogP contribution in [0.4, 0.5) is 0 Å². The number of nitrogens with one attached hydrogen (secondary N) is 1. The molecule has 1 aromatic carbocycles. The van der Waals surface area contributed by atoms with Gasteiger partial charge in [-0.3, -0.25) is 4.79 Å². The van der Waals surface area contributed by atoms with E-state index in [0.29, 0.717) is 25.5 Å². The molecule has 1 heterocycles. The molecule has 1 amide bonds. The molecular formula is C19H31ClN2O2. The number of nitrogens with zero attached hydrogens (tertiary/aromatic N) is 1. The molecule has 1 fully saturated rings. The van der Waals surface area contributed by atoms with Gasteiger partial charge in [-0.15, -0.1) is 12.4 Å². The summed E-state index contributed by atoms with van der Waals surface area (Å²) in [6.45, 7) is 5.51. The first-order chi connectivity index (χ1) is 11.2. The van der Waals surface area contributed by atoms with Crippen molar-refractivity contribution < 1.29 is 9.53 Å². The van der Waals surface area contributed by atoms with Gasteiger partial charge in [0.2, 0.25) is 5.91 Å². The lowest BCUT2D eigenvalue weighted by Gasteiger charge is -2.30. The highest BCUT2D eigenvalue weighted by atomic mass is 35.5. The van der Waals surface area contributed by atoms with E-state index in [-0.39, 0.29) is 24.4 Å². The van der Waals surface area contributed by atoms with Crippen molar-refractivity contribution in [2.45, 2.75) is 38.6 Å². The first kappa shape index (κ1) is 20.9. The number of hydrogen-bond donors (Lipinski definition) is 1. The fourth-order valence-electron chi connectivity index (χ4n) is 3.28. The van der Waals surface area contributed by atoms with Crippen molar-refractivity contribution in [2.75, 3.05) is 33.4 Å². The predicted molar refractivity (Wildman–Crippen MR) is 101 cm³/mol. The van der Waals surface area contributed by atoms with Crippen LogP contribution in [-0.4, -0.2) is 44.2 Å². The van der Waals surface area contributed by atoms with E-state index in [2.05, 4.69) is 24.4 Å². The number of benzene rings is 1. The fraction of sp³-hybridized carbons (Fsp3) is 0.632. The fourth-order valence-corrected chi connectivity index (χ4v) is 3.28. The Kier molecular flexibility index (Phi) is 9.99. The van der Waals surface area contributed by atoms with Crippen LogP contribution < -0.4 is 5.32 Å². The largest absolute Gasteiger partial charge is 0.383 e. The topological polar surface area (TPSA) is 41.6 Å². The molecule has 1 atom stereocenters. The normalized spacial score (nSPS) is 16.2. The zero-order valence-corrected chi connectivity index (χ0v) is 15.7. The Morgan fingerprint density at radius 1 is 1.29 bits per heavy atom. The summed E-state index contributed by atoms with van der Waals surface area (Å²) in [5, 5.41) is 3.38. The number of hydrogen-bond acceptors (Lipinski definition) is 3. The second-order valence-electron chi connectivity index (χ2n) is 6.40. The summed E-state index contributed by atoms with van der Waals surface area (Å²) in [6, 6.07) is 10.3. The van der Waals surface area contributed by atoms with E-state index in [1.54, 1.807) is 7.11 Å². The van der Waals surface area contributed by atoms with Gasteiger partial charge in [0, 0.05) is 20.1 Å². The van der Waals surface area contributed by atoms with Crippen LogP contribution in [0, 0.1) is 5.92 Å². The Balaban J connectivity index is 0.00000288. The third-order valence-electron chi connectivity index (χ3n) is 4.83. The lowest BCUT2D eigenvalue weighted by Crippen LogP contribution is -2.36. The summed E-state index contributed by atoms with van der Waals surface area (Å²) < 4.78 is 5.20. The Morgan fingerprint density at radius 3 is 2.58 bits per heavy atom. The van der Waals surface area contributed by atoms with Crippen LogP contribution in [0.25, 0.3) is 0 Å². The Bertz CT molecular complexity index is 464. The molecule has 1 aromatic rings. The number of piperidine rings is 1. The Morgan fingerprint density at radius 2 is 1.96 bits per heavy atom. The monoisotopic (exact) mass is 354 g/mol. The van der Waals surface area contributed by atoms with E-state index in [9.17, 15) is 4.79 Å². The molecule has 24 heavy (non-hydrogen) atoms. The predicted octanol–water partition coefficient (Wildman–Crippen LogP) is 3.42. The molecule has 1 aliphatic heterocycles. The molecule has 0 bridgehead atoms. The van der Waals surface area contributed by atoms with Crippen molar-refractivity contribution in [3.63, 3.8) is 0 Å². The van der Waals surface area contributed by atoms with Gasteiger partial charge < -0.3 is 15.0 Å². The van der Waals surface area contributed by atoms with Crippen molar-refractivity contribution in [3.05, 3.63) is 35.9 Å². The van der Waals surface area contributed by atoms with E-state index < -0.39 is 0 Å². The number of methoxy groups -OCH3 is 1. The molecule has 1 unspecified atom stereocenters. The molecule has 1 aliphatic rings. The van der Waals surface area contributed by atoms with Gasteiger partial charge in [-0.05, 0) is 50.8 Å². The maximum Gasteiger partial charge on any atom is 0.223 e. The molecule has 5 heteroatoms. The van der Waals surface area contributed by atoms with Gasteiger partial charge in [0.25, 0.3) is 0 Å². The first-order valence-corrected chi connectivity index (χ1v) is 8.76. The molecule has 0 radical (unpaired) electrons. The standard InChI is InChI=1S/C19H30N2O2.ClH/c1-16(18-6-4-3-5-7-18)21(14-15-23-2)19(22)9-8-17-10-12-20-13-11-17;/h3-7,16-17,20H,8-15H2,1-2H3;1H. The molecular weight excluding hydrogens is 324 g/mol. The average Bonchev–Trinajstić information content (AvgIpc) is 2.61. The minimum absolute atomic E-state index is 0. The van der Waals surface area contributed by atoms with Crippen LogP contribution in [0.1, 0.15) is 44.2 Å².